The Balaban J connectivity index is 2.05. The molecule has 1 aliphatic heterocycles. The number of likely N-dealkylation sites (tertiary alicyclic amines) is 1. The molecule has 0 radical (unpaired) electrons. The van der Waals surface area contributed by atoms with Crippen LogP contribution < -0.4 is 0 Å². The molecule has 0 aromatic carbocycles. The fourth-order valence-corrected chi connectivity index (χ4v) is 3.37. The number of hydrogen-bond acceptors (Lipinski definition) is 1. The Morgan fingerprint density at radius 3 is 2.44 bits per heavy atom. The molecular weight excluding hydrogens is 198 g/mol. The number of carbonyl (C=O) groups is 1. The van der Waals surface area contributed by atoms with Gasteiger partial charge >= 0.3 is 0 Å². The Kier molecular flexibility index (Phi) is 3.88. The van der Waals surface area contributed by atoms with E-state index in [4.69, 9.17) is 0 Å². The van der Waals surface area contributed by atoms with Crippen molar-refractivity contribution in [2.75, 3.05) is 6.54 Å². The van der Waals surface area contributed by atoms with E-state index in [1.807, 2.05) is 0 Å². The molecular formula is C14H25NO. The molecule has 2 aliphatic rings. The van der Waals surface area contributed by atoms with Crippen molar-refractivity contribution >= 4 is 5.91 Å². The summed E-state index contributed by atoms with van der Waals surface area (Å²) < 4.78 is 0. The maximum atomic E-state index is 12.4. The van der Waals surface area contributed by atoms with Crippen LogP contribution in [-0.4, -0.2) is 23.4 Å². The largest absolute Gasteiger partial charge is 0.340 e. The number of nitrogens with zero attached hydrogens (tertiary/aromatic N) is 1. The van der Waals surface area contributed by atoms with Crippen LogP contribution in [0.2, 0.25) is 0 Å². The molecule has 2 rings (SSSR count). The third kappa shape index (κ3) is 2.41. The van der Waals surface area contributed by atoms with Crippen LogP contribution in [0.15, 0.2) is 0 Å². The Bertz CT molecular complexity index is 249. The van der Waals surface area contributed by atoms with E-state index in [0.29, 0.717) is 23.8 Å². The summed E-state index contributed by atoms with van der Waals surface area (Å²) in [6.07, 6.45) is 9.00. The summed E-state index contributed by atoms with van der Waals surface area (Å²) in [6, 6.07) is 0.388. The summed E-state index contributed by atoms with van der Waals surface area (Å²) in [4.78, 5) is 14.5. The third-order valence-corrected chi connectivity index (χ3v) is 4.37. The highest BCUT2D eigenvalue weighted by molar-refractivity contribution is 5.80. The second kappa shape index (κ2) is 5.20. The van der Waals surface area contributed by atoms with E-state index < -0.39 is 0 Å². The molecule has 1 aliphatic carbocycles. The summed E-state index contributed by atoms with van der Waals surface area (Å²) in [6.45, 7) is 5.28. The van der Waals surface area contributed by atoms with Gasteiger partial charge in [-0.3, -0.25) is 4.79 Å². The molecule has 0 N–H and O–H groups in total. The molecule has 0 aromatic rings. The second-order valence-corrected chi connectivity index (χ2v) is 5.77. The third-order valence-electron chi connectivity index (χ3n) is 4.37. The van der Waals surface area contributed by atoms with Gasteiger partial charge in [-0.05, 0) is 39.0 Å². The van der Waals surface area contributed by atoms with Crippen molar-refractivity contribution in [3.63, 3.8) is 0 Å². The van der Waals surface area contributed by atoms with Crippen molar-refractivity contribution in [3.05, 3.63) is 0 Å². The van der Waals surface area contributed by atoms with E-state index >= 15 is 0 Å². The van der Waals surface area contributed by atoms with E-state index in [-0.39, 0.29) is 0 Å². The fourth-order valence-electron chi connectivity index (χ4n) is 3.37. The zero-order valence-corrected chi connectivity index (χ0v) is 10.7. The molecule has 0 bridgehead atoms. The van der Waals surface area contributed by atoms with Crippen LogP contribution in [0, 0.1) is 11.8 Å². The van der Waals surface area contributed by atoms with E-state index in [1.54, 1.807) is 0 Å². The number of hydrogen-bond donors (Lipinski definition) is 0. The molecule has 2 unspecified atom stereocenters. The zero-order valence-electron chi connectivity index (χ0n) is 10.7. The van der Waals surface area contributed by atoms with Gasteiger partial charge in [0.05, 0.1) is 0 Å². The predicted molar refractivity (Wildman–Crippen MR) is 66.1 cm³/mol. The van der Waals surface area contributed by atoms with Crippen molar-refractivity contribution in [1.82, 2.24) is 4.90 Å². The number of fused-ring (bicyclic) bond motifs is 1. The van der Waals surface area contributed by atoms with Crippen molar-refractivity contribution in [1.29, 1.82) is 0 Å². The summed E-state index contributed by atoms with van der Waals surface area (Å²) in [5, 5.41) is 0. The van der Waals surface area contributed by atoms with Gasteiger partial charge in [-0.15, -0.1) is 0 Å². The molecule has 1 saturated carbocycles. The van der Waals surface area contributed by atoms with Gasteiger partial charge in [0.25, 0.3) is 0 Å². The van der Waals surface area contributed by atoms with Gasteiger partial charge in [0.2, 0.25) is 5.91 Å². The molecule has 92 valence electrons. The molecule has 0 aromatic heterocycles. The monoisotopic (exact) mass is 223 g/mol. The Morgan fingerprint density at radius 2 is 1.75 bits per heavy atom. The first-order valence-electron chi connectivity index (χ1n) is 7.00. The molecule has 2 nitrogen and oxygen atoms in total. The minimum atomic E-state index is 0.358. The van der Waals surface area contributed by atoms with Crippen molar-refractivity contribution in [2.45, 2.75) is 64.8 Å². The van der Waals surface area contributed by atoms with Crippen LogP contribution in [0.4, 0.5) is 0 Å². The Hall–Kier alpha value is -0.530. The lowest BCUT2D eigenvalue weighted by Crippen LogP contribution is -2.48. The quantitative estimate of drug-likeness (QED) is 0.668. The number of piperidine rings is 1. The predicted octanol–water partition coefficient (Wildman–Crippen LogP) is 3.21. The lowest BCUT2D eigenvalue weighted by Gasteiger charge is -2.41. The highest BCUT2D eigenvalue weighted by Crippen LogP contribution is 2.35. The summed E-state index contributed by atoms with van der Waals surface area (Å²) in [5.74, 6) is 1.51. The lowest BCUT2D eigenvalue weighted by molar-refractivity contribution is -0.144. The Morgan fingerprint density at radius 1 is 1.06 bits per heavy atom. The maximum Gasteiger partial charge on any atom is 0.226 e. The van der Waals surface area contributed by atoms with Gasteiger partial charge in [-0.1, -0.05) is 25.7 Å². The molecule has 1 saturated heterocycles. The van der Waals surface area contributed by atoms with Gasteiger partial charge in [0.15, 0.2) is 0 Å². The smallest absolute Gasteiger partial charge is 0.226 e. The highest BCUT2D eigenvalue weighted by atomic mass is 16.2. The van der Waals surface area contributed by atoms with Gasteiger partial charge in [-0.25, -0.2) is 0 Å². The van der Waals surface area contributed by atoms with E-state index in [1.165, 1.54) is 38.5 Å². The van der Waals surface area contributed by atoms with Crippen LogP contribution in [0.1, 0.15) is 58.8 Å². The zero-order chi connectivity index (χ0) is 11.5. The van der Waals surface area contributed by atoms with Crippen molar-refractivity contribution in [2.24, 2.45) is 11.8 Å². The van der Waals surface area contributed by atoms with Crippen LogP contribution in [0.5, 0.6) is 0 Å². The number of amides is 1. The lowest BCUT2D eigenvalue weighted by atomic mass is 9.76. The average Bonchev–Trinajstić information content (AvgIpc) is 2.19. The van der Waals surface area contributed by atoms with Gasteiger partial charge in [-0.2, -0.15) is 0 Å². The van der Waals surface area contributed by atoms with E-state index in [2.05, 4.69) is 18.7 Å². The van der Waals surface area contributed by atoms with E-state index in [0.717, 1.165) is 13.0 Å². The maximum absolute atomic E-state index is 12.4. The summed E-state index contributed by atoms with van der Waals surface area (Å²) in [5.41, 5.74) is 0. The van der Waals surface area contributed by atoms with Crippen molar-refractivity contribution < 1.29 is 4.79 Å². The van der Waals surface area contributed by atoms with Crippen molar-refractivity contribution in [3.8, 4) is 0 Å². The van der Waals surface area contributed by atoms with Crippen LogP contribution in [0.25, 0.3) is 0 Å². The average molecular weight is 223 g/mol. The molecule has 16 heavy (non-hydrogen) atoms. The summed E-state index contributed by atoms with van der Waals surface area (Å²) >= 11 is 0. The number of rotatable bonds is 1. The van der Waals surface area contributed by atoms with Crippen LogP contribution in [-0.2, 0) is 4.79 Å². The van der Waals surface area contributed by atoms with E-state index in [9.17, 15) is 4.79 Å². The minimum Gasteiger partial charge on any atom is -0.340 e. The highest BCUT2D eigenvalue weighted by Gasteiger charge is 2.36. The molecule has 2 fully saturated rings. The molecule has 0 spiro atoms. The molecule has 2 heteroatoms. The normalized spacial score (nSPS) is 32.2. The first-order chi connectivity index (χ1) is 7.70. The molecule has 1 amide bonds. The topological polar surface area (TPSA) is 20.3 Å². The minimum absolute atomic E-state index is 0.358. The standard InChI is InChI=1S/C14H25NO/c1-11(2)15-10-9-12-7-5-3-4-6-8-13(12)14(15)16/h11-13H,3-10H2,1-2H3. The fraction of sp³-hybridized carbons (Fsp3) is 0.929. The first kappa shape index (κ1) is 11.9. The first-order valence-corrected chi connectivity index (χ1v) is 7.00. The van der Waals surface area contributed by atoms with Crippen LogP contribution in [0.3, 0.4) is 0 Å². The molecule has 2 atom stereocenters. The number of carbonyl (C=O) groups excluding carboxylic acids is 1. The second-order valence-electron chi connectivity index (χ2n) is 5.77. The Labute approximate surface area is 99.4 Å². The van der Waals surface area contributed by atoms with Crippen LogP contribution >= 0.6 is 0 Å². The SMILES string of the molecule is CC(C)N1CCC2CCCCCCC2C1=O. The molecule has 1 heterocycles. The summed E-state index contributed by atoms with van der Waals surface area (Å²) in [7, 11) is 0. The van der Waals surface area contributed by atoms with Gasteiger partial charge < -0.3 is 4.90 Å². The van der Waals surface area contributed by atoms with Gasteiger partial charge in [0.1, 0.15) is 0 Å². The van der Waals surface area contributed by atoms with Gasteiger partial charge in [0, 0.05) is 18.5 Å².